The van der Waals surface area contributed by atoms with E-state index >= 15 is 0 Å². The number of thiazole rings is 1. The van der Waals surface area contributed by atoms with Crippen molar-refractivity contribution in [1.82, 2.24) is 4.98 Å². The second-order valence-electron chi connectivity index (χ2n) is 4.42. The van der Waals surface area contributed by atoms with E-state index in [1.807, 2.05) is 6.92 Å². The number of hydrogen-bond donors (Lipinski definition) is 2. The van der Waals surface area contributed by atoms with Gasteiger partial charge in [-0.3, -0.25) is 4.79 Å². The van der Waals surface area contributed by atoms with Crippen LogP contribution in [0.1, 0.15) is 22.4 Å². The summed E-state index contributed by atoms with van der Waals surface area (Å²) in [4.78, 5) is 16.4. The van der Waals surface area contributed by atoms with Gasteiger partial charge in [-0.05, 0) is 25.6 Å². The van der Waals surface area contributed by atoms with Gasteiger partial charge in [-0.2, -0.15) is 0 Å². The smallest absolute Gasteiger partial charge is 0.275 e. The first kappa shape index (κ1) is 19.2. The van der Waals surface area contributed by atoms with Crippen LogP contribution in [-0.4, -0.2) is 31.2 Å². The van der Waals surface area contributed by atoms with Gasteiger partial charge in [0, 0.05) is 23.6 Å². The molecular formula is C15H20ClN3O3S. The highest BCUT2D eigenvalue weighted by atomic mass is 35.5. The van der Waals surface area contributed by atoms with Gasteiger partial charge >= 0.3 is 0 Å². The fraction of sp³-hybridized carbons (Fsp3) is 0.333. The standard InChI is InChI=1S/C15H19N3O3S.ClH/c1-3-21-12-5-4-10(8-13(12)20-2)17-15(19)11-9-22-14(18-11)6-7-16;/h4-5,8-9H,3,6-7,16H2,1-2H3,(H,17,19);1H. The number of halogens is 1. The molecule has 0 bridgehead atoms. The molecule has 0 fully saturated rings. The molecule has 8 heteroatoms. The number of nitrogens with two attached hydrogens (primary N) is 1. The number of methoxy groups -OCH3 is 1. The minimum atomic E-state index is -0.259. The lowest BCUT2D eigenvalue weighted by atomic mass is 10.2. The van der Waals surface area contributed by atoms with Gasteiger partial charge in [0.25, 0.3) is 5.91 Å². The Kier molecular flexibility index (Phi) is 7.80. The molecule has 1 heterocycles. The summed E-state index contributed by atoms with van der Waals surface area (Å²) in [6.07, 6.45) is 0.675. The van der Waals surface area contributed by atoms with Gasteiger partial charge < -0.3 is 20.5 Å². The summed E-state index contributed by atoms with van der Waals surface area (Å²) >= 11 is 1.43. The molecular weight excluding hydrogens is 338 g/mol. The van der Waals surface area contributed by atoms with Crippen molar-refractivity contribution in [2.75, 3.05) is 25.6 Å². The maximum atomic E-state index is 12.2. The first-order valence-electron chi connectivity index (χ1n) is 6.94. The zero-order valence-corrected chi connectivity index (χ0v) is 14.6. The molecule has 1 aromatic heterocycles. The molecule has 0 unspecified atom stereocenters. The largest absolute Gasteiger partial charge is 0.493 e. The molecule has 0 aliphatic heterocycles. The minimum absolute atomic E-state index is 0. The van der Waals surface area contributed by atoms with E-state index in [1.54, 1.807) is 30.7 Å². The number of carbonyl (C=O) groups is 1. The summed E-state index contributed by atoms with van der Waals surface area (Å²) in [5, 5.41) is 5.38. The number of nitrogens with zero attached hydrogens (tertiary/aromatic N) is 1. The Balaban J connectivity index is 0.00000264. The van der Waals surface area contributed by atoms with Crippen LogP contribution in [0.25, 0.3) is 0 Å². The van der Waals surface area contributed by atoms with Crippen molar-refractivity contribution in [2.24, 2.45) is 5.73 Å². The summed E-state index contributed by atoms with van der Waals surface area (Å²) in [7, 11) is 1.56. The first-order valence-corrected chi connectivity index (χ1v) is 7.82. The number of anilines is 1. The molecule has 0 aliphatic carbocycles. The average molecular weight is 358 g/mol. The van der Waals surface area contributed by atoms with Crippen LogP contribution in [0.5, 0.6) is 11.5 Å². The fourth-order valence-corrected chi connectivity index (χ4v) is 2.66. The molecule has 0 radical (unpaired) electrons. The van der Waals surface area contributed by atoms with E-state index in [-0.39, 0.29) is 18.3 Å². The van der Waals surface area contributed by atoms with Crippen molar-refractivity contribution < 1.29 is 14.3 Å². The van der Waals surface area contributed by atoms with Crippen LogP contribution in [0, 0.1) is 0 Å². The van der Waals surface area contributed by atoms with Crippen LogP contribution in [0.2, 0.25) is 0 Å². The number of nitrogens with one attached hydrogen (secondary N) is 1. The van der Waals surface area contributed by atoms with Gasteiger partial charge in [-0.25, -0.2) is 4.98 Å². The van der Waals surface area contributed by atoms with Crippen molar-refractivity contribution in [3.05, 3.63) is 34.3 Å². The molecule has 0 saturated carbocycles. The number of amides is 1. The monoisotopic (exact) mass is 357 g/mol. The average Bonchev–Trinajstić information content (AvgIpc) is 2.98. The number of hydrogen-bond acceptors (Lipinski definition) is 6. The predicted molar refractivity (Wildman–Crippen MR) is 94.2 cm³/mol. The van der Waals surface area contributed by atoms with Crippen LogP contribution in [-0.2, 0) is 6.42 Å². The summed E-state index contributed by atoms with van der Waals surface area (Å²) < 4.78 is 10.7. The minimum Gasteiger partial charge on any atom is -0.493 e. The highest BCUT2D eigenvalue weighted by Gasteiger charge is 2.12. The second-order valence-corrected chi connectivity index (χ2v) is 5.36. The van der Waals surface area contributed by atoms with Crippen LogP contribution in [0.3, 0.4) is 0 Å². The normalized spacial score (nSPS) is 9.87. The Morgan fingerprint density at radius 2 is 2.17 bits per heavy atom. The Bertz CT molecular complexity index is 649. The van der Waals surface area contributed by atoms with Gasteiger partial charge in [-0.1, -0.05) is 0 Å². The predicted octanol–water partition coefficient (Wildman–Crippen LogP) is 2.73. The van der Waals surface area contributed by atoms with Crippen molar-refractivity contribution in [3.63, 3.8) is 0 Å². The molecule has 2 aromatic rings. The molecule has 0 spiro atoms. The molecule has 0 atom stereocenters. The third-order valence-corrected chi connectivity index (χ3v) is 3.77. The van der Waals surface area contributed by atoms with Crippen LogP contribution in [0.15, 0.2) is 23.6 Å². The summed E-state index contributed by atoms with van der Waals surface area (Å²) in [5.74, 6) is 0.953. The van der Waals surface area contributed by atoms with E-state index in [2.05, 4.69) is 10.3 Å². The Labute approximate surface area is 145 Å². The van der Waals surface area contributed by atoms with Gasteiger partial charge in [0.05, 0.1) is 18.7 Å². The molecule has 0 aliphatic rings. The number of ether oxygens (including phenoxy) is 2. The fourth-order valence-electron chi connectivity index (χ4n) is 1.87. The highest BCUT2D eigenvalue weighted by molar-refractivity contribution is 7.09. The molecule has 3 N–H and O–H groups in total. The Morgan fingerprint density at radius 1 is 1.39 bits per heavy atom. The maximum absolute atomic E-state index is 12.2. The van der Waals surface area contributed by atoms with E-state index < -0.39 is 0 Å². The first-order chi connectivity index (χ1) is 10.7. The Morgan fingerprint density at radius 3 is 2.83 bits per heavy atom. The Hall–Kier alpha value is -1.83. The van der Waals surface area contributed by atoms with E-state index in [0.717, 1.165) is 5.01 Å². The third kappa shape index (κ3) is 5.09. The molecule has 1 amide bonds. The molecule has 2 rings (SSSR count). The van der Waals surface area contributed by atoms with Crippen LogP contribution >= 0.6 is 23.7 Å². The molecule has 6 nitrogen and oxygen atoms in total. The number of carbonyl (C=O) groups excluding carboxylic acids is 1. The van der Waals surface area contributed by atoms with Crippen molar-refractivity contribution in [3.8, 4) is 11.5 Å². The third-order valence-electron chi connectivity index (χ3n) is 2.86. The lowest BCUT2D eigenvalue weighted by Crippen LogP contribution is -2.13. The van der Waals surface area contributed by atoms with Gasteiger partial charge in [0.15, 0.2) is 11.5 Å². The molecule has 126 valence electrons. The van der Waals surface area contributed by atoms with Gasteiger partial charge in [-0.15, -0.1) is 23.7 Å². The van der Waals surface area contributed by atoms with Crippen molar-refractivity contribution in [1.29, 1.82) is 0 Å². The molecule has 23 heavy (non-hydrogen) atoms. The van der Waals surface area contributed by atoms with E-state index in [9.17, 15) is 4.79 Å². The van der Waals surface area contributed by atoms with E-state index in [0.29, 0.717) is 42.5 Å². The number of benzene rings is 1. The van der Waals surface area contributed by atoms with Gasteiger partial charge in [0.1, 0.15) is 5.69 Å². The molecule has 1 aromatic carbocycles. The summed E-state index contributed by atoms with van der Waals surface area (Å²) in [6.45, 7) is 2.96. The zero-order valence-electron chi connectivity index (χ0n) is 13.0. The van der Waals surface area contributed by atoms with Crippen molar-refractivity contribution in [2.45, 2.75) is 13.3 Å². The zero-order chi connectivity index (χ0) is 15.9. The topological polar surface area (TPSA) is 86.5 Å². The second kappa shape index (κ2) is 9.34. The number of aromatic nitrogens is 1. The lowest BCUT2D eigenvalue weighted by molar-refractivity contribution is 0.102. The summed E-state index contributed by atoms with van der Waals surface area (Å²) in [6, 6.07) is 5.24. The van der Waals surface area contributed by atoms with Crippen LogP contribution < -0.4 is 20.5 Å². The maximum Gasteiger partial charge on any atom is 0.275 e. The van der Waals surface area contributed by atoms with Gasteiger partial charge in [0.2, 0.25) is 0 Å². The highest BCUT2D eigenvalue weighted by Crippen LogP contribution is 2.30. The quantitative estimate of drug-likeness (QED) is 0.795. The van der Waals surface area contributed by atoms with Crippen molar-refractivity contribution >= 4 is 35.3 Å². The van der Waals surface area contributed by atoms with Crippen LogP contribution in [0.4, 0.5) is 5.69 Å². The van der Waals surface area contributed by atoms with E-state index in [4.69, 9.17) is 15.2 Å². The lowest BCUT2D eigenvalue weighted by Gasteiger charge is -2.11. The summed E-state index contributed by atoms with van der Waals surface area (Å²) in [5.41, 5.74) is 6.49. The number of rotatable bonds is 7. The molecule has 0 saturated heterocycles. The van der Waals surface area contributed by atoms with E-state index in [1.165, 1.54) is 11.3 Å². The SMILES string of the molecule is CCOc1ccc(NC(=O)c2csc(CCN)n2)cc1OC.Cl.